The second-order valence-electron chi connectivity index (χ2n) is 6.38. The Balaban J connectivity index is 1.45. The number of likely N-dealkylation sites (tertiary alicyclic amines) is 1. The van der Waals surface area contributed by atoms with E-state index in [2.05, 4.69) is 4.99 Å². The van der Waals surface area contributed by atoms with Crippen molar-refractivity contribution in [2.45, 2.75) is 18.9 Å². The van der Waals surface area contributed by atoms with Crippen molar-refractivity contribution < 1.29 is 14.4 Å². The standard InChI is InChI=1S/C18H16ClN3O3S/c19-15-6-5-14(26-15)17(24)21-9-7-11(8-10-21)22-16(23)12-3-1-2-4-13(12)20-18(22)25/h1-6,11-12H,7-10H2. The Hall–Kier alpha value is -2.25. The van der Waals surface area contributed by atoms with Gasteiger partial charge in [0, 0.05) is 19.1 Å². The van der Waals surface area contributed by atoms with Crippen LogP contribution < -0.4 is 0 Å². The number of carbonyl (C=O) groups is 3. The smallest absolute Gasteiger partial charge is 0.338 e. The number of hydrogen-bond acceptors (Lipinski definition) is 4. The van der Waals surface area contributed by atoms with Crippen LogP contribution in [0.25, 0.3) is 0 Å². The van der Waals surface area contributed by atoms with Crippen molar-refractivity contribution in [1.29, 1.82) is 0 Å². The Bertz CT molecular complexity index is 865. The van der Waals surface area contributed by atoms with E-state index in [0.29, 0.717) is 40.9 Å². The average Bonchev–Trinajstić information content (AvgIpc) is 3.08. The zero-order valence-corrected chi connectivity index (χ0v) is 15.4. The SMILES string of the molecule is O=C(c1ccc(Cl)s1)N1CCC(N2C(=O)N=C3C=CC=CC3C2=O)CC1. The van der Waals surface area contributed by atoms with Gasteiger partial charge in [0.05, 0.1) is 20.8 Å². The van der Waals surface area contributed by atoms with Crippen LogP contribution in [0.4, 0.5) is 4.79 Å². The lowest BCUT2D eigenvalue weighted by Gasteiger charge is -2.39. The Kier molecular flexibility index (Phi) is 4.50. The maximum atomic E-state index is 12.8. The average molecular weight is 390 g/mol. The van der Waals surface area contributed by atoms with E-state index in [1.165, 1.54) is 16.2 Å². The number of amides is 4. The fourth-order valence-electron chi connectivity index (χ4n) is 3.50. The number of rotatable bonds is 2. The molecule has 6 nitrogen and oxygen atoms in total. The Labute approximate surface area is 159 Å². The number of piperidine rings is 1. The molecule has 4 rings (SSSR count). The van der Waals surface area contributed by atoms with Gasteiger partial charge in [-0.3, -0.25) is 14.5 Å². The lowest BCUT2D eigenvalue weighted by molar-refractivity contribution is -0.131. The predicted octanol–water partition coefficient (Wildman–Crippen LogP) is 3.15. The van der Waals surface area contributed by atoms with Crippen LogP contribution in [0.3, 0.4) is 0 Å². The summed E-state index contributed by atoms with van der Waals surface area (Å²) in [4.78, 5) is 45.3. The van der Waals surface area contributed by atoms with E-state index in [4.69, 9.17) is 11.6 Å². The summed E-state index contributed by atoms with van der Waals surface area (Å²) in [5.41, 5.74) is 0.501. The highest BCUT2D eigenvalue weighted by atomic mass is 35.5. The summed E-state index contributed by atoms with van der Waals surface area (Å²) in [6.45, 7) is 0.986. The van der Waals surface area contributed by atoms with Gasteiger partial charge in [-0.15, -0.1) is 11.3 Å². The zero-order chi connectivity index (χ0) is 18.3. The van der Waals surface area contributed by atoms with E-state index in [9.17, 15) is 14.4 Å². The molecular weight excluding hydrogens is 374 g/mol. The number of fused-ring (bicyclic) bond motifs is 1. The molecule has 1 fully saturated rings. The Morgan fingerprint density at radius 1 is 1.19 bits per heavy atom. The van der Waals surface area contributed by atoms with E-state index in [1.54, 1.807) is 41.3 Å². The molecule has 1 aromatic rings. The molecule has 0 bridgehead atoms. The monoisotopic (exact) mass is 389 g/mol. The second-order valence-corrected chi connectivity index (χ2v) is 8.09. The molecule has 134 valence electrons. The third-order valence-electron chi connectivity index (χ3n) is 4.84. The molecule has 0 radical (unpaired) electrons. The fraction of sp³-hybridized carbons (Fsp3) is 0.333. The van der Waals surface area contributed by atoms with Gasteiger partial charge in [-0.25, -0.2) is 4.79 Å². The molecule has 0 spiro atoms. The van der Waals surface area contributed by atoms with E-state index >= 15 is 0 Å². The van der Waals surface area contributed by atoms with Gasteiger partial charge in [-0.05, 0) is 31.1 Å². The number of imide groups is 1. The van der Waals surface area contributed by atoms with Crippen molar-refractivity contribution in [2.24, 2.45) is 10.9 Å². The number of halogens is 1. The van der Waals surface area contributed by atoms with Crippen LogP contribution in [-0.2, 0) is 4.79 Å². The van der Waals surface area contributed by atoms with Crippen molar-refractivity contribution in [3.63, 3.8) is 0 Å². The molecule has 3 heterocycles. The van der Waals surface area contributed by atoms with Crippen LogP contribution in [0.15, 0.2) is 41.4 Å². The van der Waals surface area contributed by atoms with Gasteiger partial charge in [-0.2, -0.15) is 4.99 Å². The molecule has 1 aromatic heterocycles. The van der Waals surface area contributed by atoms with Gasteiger partial charge in [0.1, 0.15) is 0 Å². The lowest BCUT2D eigenvalue weighted by atomic mass is 9.93. The van der Waals surface area contributed by atoms with Crippen molar-refractivity contribution in [3.05, 3.63) is 45.7 Å². The van der Waals surface area contributed by atoms with E-state index in [1.807, 2.05) is 0 Å². The molecule has 0 aromatic carbocycles. The number of thiophene rings is 1. The largest absolute Gasteiger partial charge is 0.350 e. The van der Waals surface area contributed by atoms with Crippen molar-refractivity contribution in [3.8, 4) is 0 Å². The summed E-state index contributed by atoms with van der Waals surface area (Å²) < 4.78 is 0.580. The Morgan fingerprint density at radius 3 is 2.65 bits per heavy atom. The molecule has 3 aliphatic rings. The maximum Gasteiger partial charge on any atom is 0.350 e. The minimum Gasteiger partial charge on any atom is -0.338 e. The number of carbonyl (C=O) groups excluding carboxylic acids is 3. The van der Waals surface area contributed by atoms with Crippen LogP contribution in [-0.4, -0.2) is 52.5 Å². The molecule has 1 atom stereocenters. The number of hydrogen-bond donors (Lipinski definition) is 0. The van der Waals surface area contributed by atoms with E-state index < -0.39 is 11.9 Å². The lowest BCUT2D eigenvalue weighted by Crippen LogP contribution is -2.54. The molecule has 1 unspecified atom stereocenters. The quantitative estimate of drug-likeness (QED) is 0.780. The molecule has 1 aliphatic carbocycles. The zero-order valence-electron chi connectivity index (χ0n) is 13.8. The number of urea groups is 1. The predicted molar refractivity (Wildman–Crippen MR) is 99.7 cm³/mol. The van der Waals surface area contributed by atoms with Gasteiger partial charge >= 0.3 is 6.03 Å². The first-order chi connectivity index (χ1) is 12.5. The summed E-state index contributed by atoms with van der Waals surface area (Å²) in [7, 11) is 0. The maximum absolute atomic E-state index is 12.8. The number of aliphatic imine (C=N–C) groups is 1. The number of allylic oxidation sites excluding steroid dienone is 3. The minimum atomic E-state index is -0.504. The summed E-state index contributed by atoms with van der Waals surface area (Å²) in [6, 6.07) is 2.70. The first-order valence-electron chi connectivity index (χ1n) is 8.39. The highest BCUT2D eigenvalue weighted by Gasteiger charge is 2.41. The van der Waals surface area contributed by atoms with Gasteiger partial charge in [0.15, 0.2) is 0 Å². The van der Waals surface area contributed by atoms with Crippen LogP contribution in [0.1, 0.15) is 22.5 Å². The third kappa shape index (κ3) is 3.01. The van der Waals surface area contributed by atoms with Crippen LogP contribution >= 0.6 is 22.9 Å². The molecule has 1 saturated heterocycles. The highest BCUT2D eigenvalue weighted by molar-refractivity contribution is 7.17. The molecule has 4 amide bonds. The van der Waals surface area contributed by atoms with Gasteiger partial charge in [0.25, 0.3) is 5.91 Å². The van der Waals surface area contributed by atoms with E-state index in [0.717, 1.165) is 0 Å². The van der Waals surface area contributed by atoms with Gasteiger partial charge < -0.3 is 4.90 Å². The summed E-state index contributed by atoms with van der Waals surface area (Å²) in [5.74, 6) is -0.765. The minimum absolute atomic E-state index is 0.0581. The first kappa shape index (κ1) is 17.2. The van der Waals surface area contributed by atoms with Crippen molar-refractivity contribution in [1.82, 2.24) is 9.80 Å². The second kappa shape index (κ2) is 6.81. The normalized spacial score (nSPS) is 23.3. The fourth-order valence-corrected chi connectivity index (χ4v) is 4.52. The van der Waals surface area contributed by atoms with Crippen molar-refractivity contribution in [2.75, 3.05) is 13.1 Å². The molecule has 2 aliphatic heterocycles. The van der Waals surface area contributed by atoms with Crippen molar-refractivity contribution >= 4 is 46.5 Å². The highest BCUT2D eigenvalue weighted by Crippen LogP contribution is 2.28. The molecule has 0 saturated carbocycles. The Morgan fingerprint density at radius 2 is 1.96 bits per heavy atom. The van der Waals surface area contributed by atoms with E-state index in [-0.39, 0.29) is 17.9 Å². The molecule has 8 heteroatoms. The van der Waals surface area contributed by atoms with Crippen LogP contribution in [0.5, 0.6) is 0 Å². The van der Waals surface area contributed by atoms with Crippen LogP contribution in [0, 0.1) is 5.92 Å². The van der Waals surface area contributed by atoms with Crippen LogP contribution in [0.2, 0.25) is 4.34 Å². The topological polar surface area (TPSA) is 70.1 Å². The summed E-state index contributed by atoms with van der Waals surface area (Å²) in [6.07, 6.45) is 8.14. The summed E-state index contributed by atoms with van der Waals surface area (Å²) in [5, 5.41) is 0. The van der Waals surface area contributed by atoms with Gasteiger partial charge in [-0.1, -0.05) is 29.8 Å². The summed E-state index contributed by atoms with van der Waals surface area (Å²) >= 11 is 7.15. The molecular formula is C18H16ClN3O3S. The first-order valence-corrected chi connectivity index (χ1v) is 9.59. The van der Waals surface area contributed by atoms with Gasteiger partial charge in [0.2, 0.25) is 5.91 Å². The third-order valence-corrected chi connectivity index (χ3v) is 6.05. The number of nitrogens with zero attached hydrogens (tertiary/aromatic N) is 3. The molecule has 0 N–H and O–H groups in total. The molecule has 26 heavy (non-hydrogen) atoms.